The van der Waals surface area contributed by atoms with Crippen molar-refractivity contribution >= 4 is 0 Å². The van der Waals surface area contributed by atoms with Gasteiger partial charge in [0.15, 0.2) is 0 Å². The SMILES string of the molecule is CC(F)(CN)CCCc1ccccc1. The first kappa shape index (κ1) is 11.2. The summed E-state index contributed by atoms with van der Waals surface area (Å²) in [4.78, 5) is 0. The van der Waals surface area contributed by atoms with E-state index in [9.17, 15) is 4.39 Å². The van der Waals surface area contributed by atoms with Gasteiger partial charge in [0, 0.05) is 6.54 Å². The highest BCUT2D eigenvalue weighted by atomic mass is 19.1. The Hall–Kier alpha value is -0.890. The number of nitrogens with two attached hydrogens (primary N) is 1. The molecule has 0 aliphatic carbocycles. The maximum atomic E-state index is 13.4. The second-order valence-corrected chi connectivity index (χ2v) is 3.96. The molecule has 0 bridgehead atoms. The molecular weight excluding hydrogens is 177 g/mol. The van der Waals surface area contributed by atoms with Crippen molar-refractivity contribution in [1.82, 2.24) is 0 Å². The largest absolute Gasteiger partial charge is 0.328 e. The summed E-state index contributed by atoms with van der Waals surface area (Å²) >= 11 is 0. The zero-order valence-electron chi connectivity index (χ0n) is 8.67. The van der Waals surface area contributed by atoms with Gasteiger partial charge in [-0.15, -0.1) is 0 Å². The van der Waals surface area contributed by atoms with Crippen molar-refractivity contribution in [3.05, 3.63) is 35.9 Å². The summed E-state index contributed by atoms with van der Waals surface area (Å²) in [6.07, 6.45) is 2.33. The molecule has 0 aliphatic rings. The molecule has 0 aromatic heterocycles. The second kappa shape index (κ2) is 5.11. The lowest BCUT2D eigenvalue weighted by Crippen LogP contribution is -2.29. The van der Waals surface area contributed by atoms with E-state index in [-0.39, 0.29) is 6.54 Å². The Labute approximate surface area is 85.1 Å². The maximum Gasteiger partial charge on any atom is 0.120 e. The monoisotopic (exact) mass is 195 g/mol. The molecule has 0 saturated carbocycles. The minimum Gasteiger partial charge on any atom is -0.328 e. The molecule has 1 rings (SSSR count). The van der Waals surface area contributed by atoms with Gasteiger partial charge in [-0.1, -0.05) is 30.3 Å². The highest BCUT2D eigenvalue weighted by Crippen LogP contribution is 2.17. The average Bonchev–Trinajstić information content (AvgIpc) is 2.19. The number of hydrogen-bond donors (Lipinski definition) is 1. The molecule has 0 spiro atoms. The van der Waals surface area contributed by atoms with Crippen LogP contribution in [-0.4, -0.2) is 12.2 Å². The third-order valence-corrected chi connectivity index (χ3v) is 2.43. The third-order valence-electron chi connectivity index (χ3n) is 2.43. The van der Waals surface area contributed by atoms with Crippen LogP contribution in [0.3, 0.4) is 0 Å². The molecule has 1 nitrogen and oxygen atoms in total. The first-order valence-corrected chi connectivity index (χ1v) is 5.07. The first-order chi connectivity index (χ1) is 6.64. The van der Waals surface area contributed by atoms with E-state index in [0.717, 1.165) is 12.8 Å². The summed E-state index contributed by atoms with van der Waals surface area (Å²) < 4.78 is 13.4. The summed E-state index contributed by atoms with van der Waals surface area (Å²) in [6.45, 7) is 1.68. The maximum absolute atomic E-state index is 13.4. The Morgan fingerprint density at radius 2 is 1.93 bits per heavy atom. The number of hydrogen-bond acceptors (Lipinski definition) is 1. The van der Waals surface area contributed by atoms with Crippen LogP contribution in [0.2, 0.25) is 0 Å². The van der Waals surface area contributed by atoms with Gasteiger partial charge in [0.1, 0.15) is 5.67 Å². The summed E-state index contributed by atoms with van der Waals surface area (Å²) in [5.74, 6) is 0. The molecule has 14 heavy (non-hydrogen) atoms. The standard InChI is InChI=1S/C12H18FN/c1-12(13,10-14)9-5-8-11-6-3-2-4-7-11/h2-4,6-7H,5,8-10,14H2,1H3. The van der Waals surface area contributed by atoms with Gasteiger partial charge in [-0.05, 0) is 31.7 Å². The number of rotatable bonds is 5. The molecular formula is C12H18FN. The molecule has 2 heteroatoms. The molecule has 0 radical (unpaired) electrons. The van der Waals surface area contributed by atoms with Crippen LogP contribution in [0.5, 0.6) is 0 Å². The van der Waals surface area contributed by atoms with Crippen molar-refractivity contribution in [1.29, 1.82) is 0 Å². The van der Waals surface area contributed by atoms with Crippen molar-refractivity contribution in [2.45, 2.75) is 31.9 Å². The molecule has 1 aromatic rings. The van der Waals surface area contributed by atoms with Gasteiger partial charge in [-0.2, -0.15) is 0 Å². The van der Waals surface area contributed by atoms with E-state index < -0.39 is 5.67 Å². The van der Waals surface area contributed by atoms with E-state index in [1.807, 2.05) is 18.2 Å². The summed E-state index contributed by atoms with van der Waals surface area (Å²) in [6, 6.07) is 10.1. The molecule has 78 valence electrons. The quantitative estimate of drug-likeness (QED) is 0.768. The molecule has 0 amide bonds. The molecule has 0 saturated heterocycles. The van der Waals surface area contributed by atoms with Gasteiger partial charge in [-0.25, -0.2) is 4.39 Å². The smallest absolute Gasteiger partial charge is 0.120 e. The summed E-state index contributed by atoms with van der Waals surface area (Å²) in [5.41, 5.74) is 5.38. The number of alkyl halides is 1. The van der Waals surface area contributed by atoms with E-state index in [4.69, 9.17) is 5.73 Å². The normalized spacial score (nSPS) is 15.1. The van der Waals surface area contributed by atoms with Crippen LogP contribution in [0.15, 0.2) is 30.3 Å². The highest BCUT2D eigenvalue weighted by molar-refractivity contribution is 5.14. The molecule has 1 unspecified atom stereocenters. The molecule has 1 atom stereocenters. The molecule has 0 heterocycles. The fourth-order valence-corrected chi connectivity index (χ4v) is 1.41. The van der Waals surface area contributed by atoms with Crippen LogP contribution in [-0.2, 0) is 6.42 Å². The second-order valence-electron chi connectivity index (χ2n) is 3.96. The van der Waals surface area contributed by atoms with Crippen LogP contribution < -0.4 is 5.73 Å². The van der Waals surface area contributed by atoms with E-state index in [1.165, 1.54) is 5.56 Å². The fraction of sp³-hybridized carbons (Fsp3) is 0.500. The Morgan fingerprint density at radius 3 is 2.50 bits per heavy atom. The van der Waals surface area contributed by atoms with Gasteiger partial charge in [-0.3, -0.25) is 0 Å². The van der Waals surface area contributed by atoms with E-state index in [1.54, 1.807) is 6.92 Å². The minimum absolute atomic E-state index is 0.113. The predicted octanol–water partition coefficient (Wildman–Crippen LogP) is 2.70. The van der Waals surface area contributed by atoms with E-state index in [2.05, 4.69) is 12.1 Å². The van der Waals surface area contributed by atoms with Crippen LogP contribution in [0, 0.1) is 0 Å². The van der Waals surface area contributed by atoms with Gasteiger partial charge < -0.3 is 5.73 Å². The Kier molecular flexibility index (Phi) is 4.08. The molecule has 2 N–H and O–H groups in total. The lowest BCUT2D eigenvalue weighted by atomic mass is 9.99. The highest BCUT2D eigenvalue weighted by Gasteiger charge is 2.19. The van der Waals surface area contributed by atoms with Crippen molar-refractivity contribution in [2.75, 3.05) is 6.54 Å². The molecule has 0 fully saturated rings. The number of aryl methyl sites for hydroxylation is 1. The zero-order chi connectivity index (χ0) is 10.4. The van der Waals surface area contributed by atoms with E-state index >= 15 is 0 Å². The van der Waals surface area contributed by atoms with Crippen molar-refractivity contribution in [2.24, 2.45) is 5.73 Å². The topological polar surface area (TPSA) is 26.0 Å². The lowest BCUT2D eigenvalue weighted by molar-refractivity contribution is 0.181. The van der Waals surface area contributed by atoms with Gasteiger partial charge >= 0.3 is 0 Å². The van der Waals surface area contributed by atoms with Crippen LogP contribution in [0.1, 0.15) is 25.3 Å². The van der Waals surface area contributed by atoms with Crippen LogP contribution in [0.4, 0.5) is 4.39 Å². The minimum atomic E-state index is -1.20. The summed E-state index contributed by atoms with van der Waals surface area (Å²) in [5, 5.41) is 0. The van der Waals surface area contributed by atoms with Crippen molar-refractivity contribution in [3.63, 3.8) is 0 Å². The third kappa shape index (κ3) is 3.88. The fourth-order valence-electron chi connectivity index (χ4n) is 1.41. The van der Waals surface area contributed by atoms with Crippen LogP contribution in [0.25, 0.3) is 0 Å². The Morgan fingerprint density at radius 1 is 1.29 bits per heavy atom. The van der Waals surface area contributed by atoms with Gasteiger partial charge in [0.05, 0.1) is 0 Å². The zero-order valence-corrected chi connectivity index (χ0v) is 8.67. The molecule has 0 aliphatic heterocycles. The summed E-state index contributed by atoms with van der Waals surface area (Å²) in [7, 11) is 0. The number of halogens is 1. The first-order valence-electron chi connectivity index (χ1n) is 5.07. The van der Waals surface area contributed by atoms with Crippen molar-refractivity contribution in [3.8, 4) is 0 Å². The Balaban J connectivity index is 2.29. The van der Waals surface area contributed by atoms with Crippen molar-refractivity contribution < 1.29 is 4.39 Å². The van der Waals surface area contributed by atoms with E-state index in [0.29, 0.717) is 6.42 Å². The Bertz CT molecular complexity index is 256. The van der Waals surface area contributed by atoms with Gasteiger partial charge in [0.25, 0.3) is 0 Å². The van der Waals surface area contributed by atoms with Gasteiger partial charge in [0.2, 0.25) is 0 Å². The lowest BCUT2D eigenvalue weighted by Gasteiger charge is -2.17. The average molecular weight is 195 g/mol. The van der Waals surface area contributed by atoms with Crippen LogP contribution >= 0.6 is 0 Å². The predicted molar refractivity (Wildman–Crippen MR) is 57.9 cm³/mol. The molecule has 1 aromatic carbocycles. The number of benzene rings is 1.